The fraction of sp³-hybridized carbons (Fsp3) is 0.222. The number of aromatic nitrogens is 2. The van der Waals surface area contributed by atoms with Crippen LogP contribution < -0.4 is 21.3 Å². The van der Waals surface area contributed by atoms with Gasteiger partial charge < -0.3 is 26.2 Å². The maximum absolute atomic E-state index is 12.4. The van der Waals surface area contributed by atoms with Crippen LogP contribution in [0.15, 0.2) is 67.4 Å². The first kappa shape index (κ1) is 26.6. The third-order valence-electron chi connectivity index (χ3n) is 6.17. The van der Waals surface area contributed by atoms with Gasteiger partial charge in [0.2, 0.25) is 17.8 Å². The molecule has 1 aliphatic rings. The number of benzene rings is 2. The number of carbonyl (C=O) groups is 3. The molecule has 3 aromatic rings. The molecule has 1 saturated heterocycles. The molecule has 0 spiro atoms. The van der Waals surface area contributed by atoms with Crippen molar-refractivity contribution < 1.29 is 14.4 Å². The lowest BCUT2D eigenvalue weighted by Gasteiger charge is -2.17. The van der Waals surface area contributed by atoms with Crippen LogP contribution in [0.1, 0.15) is 28.3 Å². The van der Waals surface area contributed by atoms with Crippen LogP contribution in [0, 0.1) is 0 Å². The third kappa shape index (κ3) is 6.46. The highest BCUT2D eigenvalue weighted by atomic mass is 35.5. The molecule has 1 fully saturated rings. The van der Waals surface area contributed by atoms with E-state index in [0.717, 1.165) is 23.7 Å². The van der Waals surface area contributed by atoms with Crippen LogP contribution in [0.2, 0.25) is 5.02 Å². The first-order valence-electron chi connectivity index (χ1n) is 12.0. The zero-order chi connectivity index (χ0) is 27.1. The minimum Gasteiger partial charge on any atom is -0.355 e. The molecule has 2 heterocycles. The van der Waals surface area contributed by atoms with E-state index in [1.807, 2.05) is 30.3 Å². The molecule has 0 aliphatic carbocycles. The first-order chi connectivity index (χ1) is 18.4. The van der Waals surface area contributed by atoms with E-state index < -0.39 is 0 Å². The molecular formula is C27H28ClN7O3. The molecule has 1 aromatic heterocycles. The minimum atomic E-state index is -0.363. The maximum atomic E-state index is 12.4. The number of carbonyl (C=O) groups excluding carboxylic acids is 3. The molecule has 1 unspecified atom stereocenters. The standard InChI is InChI=1S/C27H28ClN7O3/c1-3-23(36)30-15-24(37)35-13-12-18(16-35)17-8-10-19(11-9-17)32-27-31-14-21(28)25(34-27)33-22-7-5-4-6-20(22)26(38)29-2/h3-11,14,18H,1,12-13,15-16H2,2H3,(H,29,38)(H,30,36)(H2,31,32,33,34). The summed E-state index contributed by atoms with van der Waals surface area (Å²) >= 11 is 6.32. The van der Waals surface area contributed by atoms with Gasteiger partial charge in [-0.25, -0.2) is 4.98 Å². The van der Waals surface area contributed by atoms with Gasteiger partial charge in [-0.15, -0.1) is 0 Å². The van der Waals surface area contributed by atoms with Gasteiger partial charge in [-0.2, -0.15) is 4.98 Å². The summed E-state index contributed by atoms with van der Waals surface area (Å²) in [7, 11) is 1.57. The molecule has 38 heavy (non-hydrogen) atoms. The van der Waals surface area contributed by atoms with Gasteiger partial charge in [0, 0.05) is 31.7 Å². The Hall–Kier alpha value is -4.44. The molecule has 0 saturated carbocycles. The number of nitrogens with zero attached hydrogens (tertiary/aromatic N) is 3. The van der Waals surface area contributed by atoms with Crippen molar-refractivity contribution in [1.29, 1.82) is 0 Å². The molecule has 1 atom stereocenters. The number of hydrogen-bond acceptors (Lipinski definition) is 7. The van der Waals surface area contributed by atoms with Crippen LogP contribution in [-0.2, 0) is 9.59 Å². The highest BCUT2D eigenvalue weighted by Gasteiger charge is 2.27. The Labute approximate surface area is 225 Å². The Morgan fingerprint density at radius 1 is 1.13 bits per heavy atom. The second-order valence-corrected chi connectivity index (χ2v) is 9.04. The predicted octanol–water partition coefficient (Wildman–Crippen LogP) is 3.59. The van der Waals surface area contributed by atoms with Gasteiger partial charge in [0.25, 0.3) is 5.91 Å². The Bertz CT molecular complexity index is 1350. The van der Waals surface area contributed by atoms with E-state index in [2.05, 4.69) is 37.8 Å². The van der Waals surface area contributed by atoms with Gasteiger partial charge >= 0.3 is 0 Å². The van der Waals surface area contributed by atoms with Crippen LogP contribution in [0.25, 0.3) is 0 Å². The average molecular weight is 534 g/mol. The molecule has 10 nitrogen and oxygen atoms in total. The van der Waals surface area contributed by atoms with Crippen molar-refractivity contribution in [3.8, 4) is 0 Å². The lowest BCUT2D eigenvalue weighted by molar-refractivity contribution is -0.131. The van der Waals surface area contributed by atoms with Crippen molar-refractivity contribution in [2.45, 2.75) is 12.3 Å². The normalized spacial score (nSPS) is 14.5. The first-order valence-corrected chi connectivity index (χ1v) is 12.4. The zero-order valence-electron chi connectivity index (χ0n) is 20.8. The quantitative estimate of drug-likeness (QED) is 0.309. The summed E-state index contributed by atoms with van der Waals surface area (Å²) < 4.78 is 0. The van der Waals surface area contributed by atoms with Crippen LogP contribution in [0.4, 0.5) is 23.1 Å². The molecule has 196 valence electrons. The van der Waals surface area contributed by atoms with E-state index in [1.165, 1.54) is 6.20 Å². The van der Waals surface area contributed by atoms with Crippen LogP contribution >= 0.6 is 11.6 Å². The average Bonchev–Trinajstić information content (AvgIpc) is 3.44. The van der Waals surface area contributed by atoms with Gasteiger partial charge in [-0.05, 0) is 42.3 Å². The molecule has 2 aromatic carbocycles. The van der Waals surface area contributed by atoms with E-state index in [9.17, 15) is 14.4 Å². The van der Waals surface area contributed by atoms with Crippen molar-refractivity contribution >= 4 is 52.5 Å². The number of anilines is 4. The zero-order valence-corrected chi connectivity index (χ0v) is 21.6. The fourth-order valence-electron chi connectivity index (χ4n) is 4.14. The molecule has 4 rings (SSSR count). The molecule has 3 amide bonds. The molecule has 4 N–H and O–H groups in total. The topological polar surface area (TPSA) is 128 Å². The van der Waals surface area contributed by atoms with Gasteiger partial charge in [0.1, 0.15) is 5.02 Å². The number of amides is 3. The van der Waals surface area contributed by atoms with Crippen molar-refractivity contribution in [3.05, 3.63) is 83.5 Å². The largest absolute Gasteiger partial charge is 0.355 e. The van der Waals surface area contributed by atoms with Gasteiger partial charge in [-0.3, -0.25) is 14.4 Å². The number of halogens is 1. The predicted molar refractivity (Wildman–Crippen MR) is 147 cm³/mol. The van der Waals surface area contributed by atoms with E-state index in [4.69, 9.17) is 11.6 Å². The highest BCUT2D eigenvalue weighted by Crippen LogP contribution is 2.30. The second kappa shape index (κ2) is 12.2. The highest BCUT2D eigenvalue weighted by molar-refractivity contribution is 6.33. The Morgan fingerprint density at radius 2 is 1.89 bits per heavy atom. The molecule has 0 radical (unpaired) electrons. The fourth-order valence-corrected chi connectivity index (χ4v) is 4.28. The lowest BCUT2D eigenvalue weighted by Crippen LogP contribution is -2.38. The summed E-state index contributed by atoms with van der Waals surface area (Å²) in [6.45, 7) is 4.60. The number of para-hydroxylation sites is 1. The van der Waals surface area contributed by atoms with Gasteiger partial charge in [0.15, 0.2) is 5.82 Å². The number of hydrogen-bond donors (Lipinski definition) is 4. The third-order valence-corrected chi connectivity index (χ3v) is 6.45. The van der Waals surface area contributed by atoms with E-state index in [1.54, 1.807) is 30.1 Å². The summed E-state index contributed by atoms with van der Waals surface area (Å²) in [4.78, 5) is 46.4. The maximum Gasteiger partial charge on any atom is 0.253 e. The molecule has 1 aliphatic heterocycles. The number of rotatable bonds is 9. The summed E-state index contributed by atoms with van der Waals surface area (Å²) in [5.41, 5.74) is 2.93. The van der Waals surface area contributed by atoms with Crippen molar-refractivity contribution in [2.75, 3.05) is 37.3 Å². The van der Waals surface area contributed by atoms with Crippen LogP contribution in [0.3, 0.4) is 0 Å². The molecular weight excluding hydrogens is 506 g/mol. The molecule has 11 heteroatoms. The van der Waals surface area contributed by atoms with E-state index in [-0.39, 0.29) is 30.2 Å². The van der Waals surface area contributed by atoms with Crippen molar-refractivity contribution in [3.63, 3.8) is 0 Å². The summed E-state index contributed by atoms with van der Waals surface area (Å²) in [5, 5.41) is 11.7. The number of nitrogens with one attached hydrogen (secondary N) is 4. The van der Waals surface area contributed by atoms with E-state index in [0.29, 0.717) is 41.1 Å². The van der Waals surface area contributed by atoms with Crippen LogP contribution in [-0.4, -0.2) is 59.3 Å². The van der Waals surface area contributed by atoms with Crippen molar-refractivity contribution in [1.82, 2.24) is 25.5 Å². The summed E-state index contributed by atoms with van der Waals surface area (Å²) in [6, 6.07) is 14.9. The summed E-state index contributed by atoms with van der Waals surface area (Å²) in [5.74, 6) is 0.206. The Morgan fingerprint density at radius 3 is 2.63 bits per heavy atom. The van der Waals surface area contributed by atoms with Gasteiger partial charge in [0.05, 0.1) is 24.0 Å². The minimum absolute atomic E-state index is 0.0320. The Balaban J connectivity index is 1.39. The molecule has 0 bridgehead atoms. The lowest BCUT2D eigenvalue weighted by atomic mass is 9.98. The smallest absolute Gasteiger partial charge is 0.253 e. The van der Waals surface area contributed by atoms with E-state index >= 15 is 0 Å². The number of likely N-dealkylation sites (tertiary alicyclic amines) is 1. The SMILES string of the molecule is C=CC(=O)NCC(=O)N1CCC(c2ccc(Nc3ncc(Cl)c(Nc4ccccc4C(=O)NC)n3)cc2)C1. The van der Waals surface area contributed by atoms with Crippen molar-refractivity contribution in [2.24, 2.45) is 0 Å². The monoisotopic (exact) mass is 533 g/mol. The van der Waals surface area contributed by atoms with Gasteiger partial charge in [-0.1, -0.05) is 42.4 Å². The van der Waals surface area contributed by atoms with Crippen LogP contribution in [0.5, 0.6) is 0 Å². The Kier molecular flexibility index (Phi) is 8.55. The summed E-state index contributed by atoms with van der Waals surface area (Å²) in [6.07, 6.45) is 3.48. The second-order valence-electron chi connectivity index (χ2n) is 8.63.